The summed E-state index contributed by atoms with van der Waals surface area (Å²) in [5, 5.41) is 6.81. The van der Waals surface area contributed by atoms with Crippen molar-refractivity contribution in [2.24, 2.45) is 5.73 Å². The van der Waals surface area contributed by atoms with Gasteiger partial charge in [0.15, 0.2) is 0 Å². The third-order valence-corrected chi connectivity index (χ3v) is 3.58. The van der Waals surface area contributed by atoms with Crippen molar-refractivity contribution >= 4 is 11.3 Å². The third-order valence-electron chi connectivity index (χ3n) is 2.67. The highest BCUT2D eigenvalue weighted by Crippen LogP contribution is 2.23. The number of hydrogen-bond acceptors (Lipinski definition) is 7. The lowest BCUT2D eigenvalue weighted by molar-refractivity contribution is 0.431. The van der Waals surface area contributed by atoms with Crippen LogP contribution < -0.4 is 5.73 Å². The second-order valence-electron chi connectivity index (χ2n) is 4.25. The molecule has 0 saturated carbocycles. The number of aromatic nitrogens is 4. The van der Waals surface area contributed by atoms with E-state index in [4.69, 9.17) is 10.3 Å². The fraction of sp³-hybridized carbons (Fsp3) is 0.231. The average molecular weight is 287 g/mol. The number of nitrogens with zero attached hydrogens (tertiary/aromatic N) is 4. The van der Waals surface area contributed by atoms with Crippen LogP contribution in [-0.4, -0.2) is 26.7 Å². The third kappa shape index (κ3) is 2.59. The van der Waals surface area contributed by atoms with E-state index in [2.05, 4.69) is 20.1 Å². The second kappa shape index (κ2) is 5.48. The molecule has 20 heavy (non-hydrogen) atoms. The van der Waals surface area contributed by atoms with Crippen molar-refractivity contribution in [3.8, 4) is 23.1 Å². The monoisotopic (exact) mass is 287 g/mol. The van der Waals surface area contributed by atoms with E-state index in [-0.39, 0.29) is 0 Å². The maximum absolute atomic E-state index is 5.51. The summed E-state index contributed by atoms with van der Waals surface area (Å²) in [4.78, 5) is 13.1. The van der Waals surface area contributed by atoms with Crippen LogP contribution in [0.4, 0.5) is 0 Å². The topological polar surface area (TPSA) is 90.7 Å². The number of pyridine rings is 1. The van der Waals surface area contributed by atoms with E-state index in [1.807, 2.05) is 30.5 Å². The maximum atomic E-state index is 5.51. The molecule has 0 amide bonds. The predicted molar refractivity (Wildman–Crippen MR) is 76.1 cm³/mol. The van der Waals surface area contributed by atoms with Crippen LogP contribution in [0.1, 0.15) is 10.7 Å². The minimum absolute atomic E-state index is 0.405. The molecule has 6 nitrogen and oxygen atoms in total. The lowest BCUT2D eigenvalue weighted by atomic mass is 10.3. The average Bonchev–Trinajstić information content (AvgIpc) is 3.07. The van der Waals surface area contributed by atoms with Crippen molar-refractivity contribution in [1.82, 2.24) is 20.1 Å². The molecule has 0 unspecified atom stereocenters. The van der Waals surface area contributed by atoms with E-state index in [0.717, 1.165) is 17.1 Å². The molecule has 0 aliphatic carbocycles. The molecule has 2 N–H and O–H groups in total. The van der Waals surface area contributed by atoms with E-state index in [0.29, 0.717) is 29.6 Å². The molecule has 0 fully saturated rings. The Kier molecular flexibility index (Phi) is 3.53. The van der Waals surface area contributed by atoms with Gasteiger partial charge >= 0.3 is 0 Å². The highest BCUT2D eigenvalue weighted by molar-refractivity contribution is 7.09. The van der Waals surface area contributed by atoms with Crippen LogP contribution in [-0.2, 0) is 6.42 Å². The molecule has 102 valence electrons. The fourth-order valence-electron chi connectivity index (χ4n) is 1.75. The Morgan fingerprint density at radius 1 is 1.20 bits per heavy atom. The molecule has 0 atom stereocenters. The summed E-state index contributed by atoms with van der Waals surface area (Å²) in [6.45, 7) is 2.50. The van der Waals surface area contributed by atoms with Crippen molar-refractivity contribution in [3.63, 3.8) is 0 Å². The van der Waals surface area contributed by atoms with Gasteiger partial charge < -0.3 is 10.3 Å². The highest BCUT2D eigenvalue weighted by atomic mass is 32.1. The van der Waals surface area contributed by atoms with Crippen molar-refractivity contribution in [1.29, 1.82) is 0 Å². The van der Waals surface area contributed by atoms with Crippen molar-refractivity contribution in [2.75, 3.05) is 6.54 Å². The quantitative estimate of drug-likeness (QED) is 0.790. The number of thiazole rings is 1. The standard InChI is InChI=1S/C13H13N5OS/c1-8-3-2-4-9(15-8)12-17-13(19-18-12)10-7-20-11(16-10)5-6-14/h2-4,7H,5-6,14H2,1H3. The van der Waals surface area contributed by atoms with Crippen LogP contribution in [0.3, 0.4) is 0 Å². The van der Waals surface area contributed by atoms with Gasteiger partial charge in [0.1, 0.15) is 11.4 Å². The van der Waals surface area contributed by atoms with Gasteiger partial charge in [-0.15, -0.1) is 11.3 Å². The molecular formula is C13H13N5OS. The van der Waals surface area contributed by atoms with Gasteiger partial charge in [0.25, 0.3) is 5.89 Å². The molecule has 0 radical (unpaired) electrons. The van der Waals surface area contributed by atoms with E-state index in [1.165, 1.54) is 0 Å². The molecule has 0 spiro atoms. The molecule has 0 aromatic carbocycles. The van der Waals surface area contributed by atoms with Crippen LogP contribution in [0.5, 0.6) is 0 Å². The SMILES string of the molecule is Cc1cccc(-c2noc(-c3csc(CCN)n3)n2)n1. The summed E-state index contributed by atoms with van der Waals surface area (Å²) in [5.74, 6) is 0.875. The van der Waals surface area contributed by atoms with Crippen LogP contribution in [0.2, 0.25) is 0 Å². The van der Waals surface area contributed by atoms with Crippen molar-refractivity contribution in [3.05, 3.63) is 34.3 Å². The van der Waals surface area contributed by atoms with Crippen LogP contribution >= 0.6 is 11.3 Å². The Hall–Kier alpha value is -2.12. The largest absolute Gasteiger partial charge is 0.332 e. The number of nitrogens with two attached hydrogens (primary N) is 1. The van der Waals surface area contributed by atoms with E-state index in [9.17, 15) is 0 Å². The Balaban J connectivity index is 1.89. The Bertz CT molecular complexity index is 721. The maximum Gasteiger partial charge on any atom is 0.277 e. The smallest absolute Gasteiger partial charge is 0.277 e. The molecule has 3 aromatic rings. The summed E-state index contributed by atoms with van der Waals surface area (Å²) in [6, 6.07) is 5.68. The van der Waals surface area contributed by atoms with Gasteiger partial charge in [-0.05, 0) is 25.6 Å². The second-order valence-corrected chi connectivity index (χ2v) is 5.20. The first kappa shape index (κ1) is 12.9. The zero-order chi connectivity index (χ0) is 13.9. The van der Waals surface area contributed by atoms with Crippen molar-refractivity contribution < 1.29 is 4.52 Å². The highest BCUT2D eigenvalue weighted by Gasteiger charge is 2.14. The first-order chi connectivity index (χ1) is 9.76. The van der Waals surface area contributed by atoms with Gasteiger partial charge in [-0.3, -0.25) is 0 Å². The lowest BCUT2D eigenvalue weighted by Crippen LogP contribution is -2.01. The predicted octanol–water partition coefficient (Wildman–Crippen LogP) is 2.06. The summed E-state index contributed by atoms with van der Waals surface area (Å²) in [6.07, 6.45) is 0.755. The molecule has 7 heteroatoms. The number of hydrogen-bond donors (Lipinski definition) is 1. The molecule has 3 aromatic heterocycles. The van der Waals surface area contributed by atoms with Gasteiger partial charge in [0.2, 0.25) is 5.82 Å². The molecule has 0 bridgehead atoms. The minimum Gasteiger partial charge on any atom is -0.332 e. The number of rotatable bonds is 4. The summed E-state index contributed by atoms with van der Waals surface area (Å²) in [7, 11) is 0. The van der Waals surface area contributed by atoms with Gasteiger partial charge in [-0.25, -0.2) is 9.97 Å². The zero-order valence-electron chi connectivity index (χ0n) is 10.9. The van der Waals surface area contributed by atoms with Crippen LogP contribution in [0, 0.1) is 6.92 Å². The van der Waals surface area contributed by atoms with Gasteiger partial charge in [-0.1, -0.05) is 11.2 Å². The summed E-state index contributed by atoms with van der Waals surface area (Å²) >= 11 is 1.54. The van der Waals surface area contributed by atoms with Gasteiger partial charge in [0, 0.05) is 17.5 Å². The molecule has 3 heterocycles. The van der Waals surface area contributed by atoms with Gasteiger partial charge in [-0.2, -0.15) is 4.98 Å². The molecule has 0 saturated heterocycles. The first-order valence-corrected chi connectivity index (χ1v) is 7.07. The van der Waals surface area contributed by atoms with E-state index >= 15 is 0 Å². The minimum atomic E-state index is 0.405. The Morgan fingerprint density at radius 2 is 2.10 bits per heavy atom. The fourth-order valence-corrected chi connectivity index (χ4v) is 2.53. The molecule has 0 aliphatic rings. The Morgan fingerprint density at radius 3 is 2.90 bits per heavy atom. The lowest BCUT2D eigenvalue weighted by Gasteiger charge is -1.94. The molecule has 3 rings (SSSR count). The van der Waals surface area contributed by atoms with Crippen LogP contribution in [0.15, 0.2) is 28.1 Å². The summed E-state index contributed by atoms with van der Waals surface area (Å²) in [5.41, 5.74) is 7.80. The first-order valence-electron chi connectivity index (χ1n) is 6.19. The van der Waals surface area contributed by atoms with Crippen LogP contribution in [0.25, 0.3) is 23.1 Å². The van der Waals surface area contributed by atoms with E-state index < -0.39 is 0 Å². The molecular weight excluding hydrogens is 274 g/mol. The van der Waals surface area contributed by atoms with E-state index in [1.54, 1.807) is 11.3 Å². The van der Waals surface area contributed by atoms with Crippen molar-refractivity contribution in [2.45, 2.75) is 13.3 Å². The van der Waals surface area contributed by atoms with Gasteiger partial charge in [0.05, 0.1) is 5.01 Å². The summed E-state index contributed by atoms with van der Waals surface area (Å²) < 4.78 is 5.25. The normalized spacial score (nSPS) is 10.9. The number of aryl methyl sites for hydroxylation is 1. The molecule has 0 aliphatic heterocycles. The Labute approximate surface area is 119 Å². The zero-order valence-corrected chi connectivity index (χ0v) is 11.7.